The number of H-pyrrole nitrogens is 1. The van der Waals surface area contributed by atoms with Gasteiger partial charge in [0.1, 0.15) is 11.8 Å². The van der Waals surface area contributed by atoms with Gasteiger partial charge in [0.15, 0.2) is 0 Å². The number of aromatic hydroxyl groups is 1. The maximum absolute atomic E-state index is 12.6. The highest BCUT2D eigenvalue weighted by Crippen LogP contribution is 2.23. The number of fused-ring (bicyclic) bond motifs is 1. The lowest BCUT2D eigenvalue weighted by molar-refractivity contribution is -0.125. The maximum atomic E-state index is 12.6. The molecule has 1 aromatic heterocycles. The molecule has 0 saturated carbocycles. The fourth-order valence-corrected chi connectivity index (χ4v) is 2.77. The lowest BCUT2D eigenvalue weighted by atomic mass is 10.0. The van der Waals surface area contributed by atoms with Gasteiger partial charge in [-0.2, -0.15) is 0 Å². The molecule has 0 unspecified atom stereocenters. The smallest absolute Gasteiger partial charge is 0.247 e. The molecule has 25 heavy (non-hydrogen) atoms. The normalized spacial score (nSPS) is 11.9. The van der Waals surface area contributed by atoms with Gasteiger partial charge in [0.05, 0.1) is 5.69 Å². The fourth-order valence-electron chi connectivity index (χ4n) is 2.77. The third-order valence-corrected chi connectivity index (χ3v) is 3.95. The van der Waals surface area contributed by atoms with E-state index >= 15 is 0 Å². The van der Waals surface area contributed by atoms with Gasteiger partial charge in [0.2, 0.25) is 11.8 Å². The molecule has 3 rings (SSSR count). The molecule has 6 heteroatoms. The molecular weight excluding hydrogens is 318 g/mol. The Bertz CT molecular complexity index is 917. The summed E-state index contributed by atoms with van der Waals surface area (Å²) in [5.74, 6) is -0.705. The Balaban J connectivity index is 1.83. The minimum atomic E-state index is -0.753. The minimum absolute atomic E-state index is 0.0236. The van der Waals surface area contributed by atoms with Gasteiger partial charge >= 0.3 is 0 Å². The van der Waals surface area contributed by atoms with Crippen molar-refractivity contribution in [3.63, 3.8) is 0 Å². The standard InChI is InChI=1S/C19H19N3O3/c1-12(23)21-17(19(25)22-16-8-4-5-9-18(16)24)10-13-11-20-15-7-3-2-6-14(13)15/h2-9,11,17,20,24H,10H2,1H3,(H,21,23)(H,22,25)/t17-/m0/s1. The summed E-state index contributed by atoms with van der Waals surface area (Å²) in [5.41, 5.74) is 2.21. The second-order valence-corrected chi connectivity index (χ2v) is 5.82. The van der Waals surface area contributed by atoms with Crippen LogP contribution in [0.4, 0.5) is 5.69 Å². The van der Waals surface area contributed by atoms with Crippen LogP contribution < -0.4 is 10.6 Å². The second kappa shape index (κ2) is 7.09. The molecule has 128 valence electrons. The van der Waals surface area contributed by atoms with Crippen LogP contribution >= 0.6 is 0 Å². The molecule has 1 heterocycles. The molecule has 0 saturated heterocycles. The molecule has 0 aliphatic heterocycles. The van der Waals surface area contributed by atoms with Gasteiger partial charge in [0, 0.05) is 30.4 Å². The van der Waals surface area contributed by atoms with E-state index in [0.717, 1.165) is 16.5 Å². The van der Waals surface area contributed by atoms with E-state index in [4.69, 9.17) is 0 Å². The number of amides is 2. The topological polar surface area (TPSA) is 94.2 Å². The number of nitrogens with one attached hydrogen (secondary N) is 3. The molecule has 3 aromatic rings. The summed E-state index contributed by atoms with van der Waals surface area (Å²) in [4.78, 5) is 27.3. The van der Waals surface area contributed by atoms with Crippen LogP contribution in [0.25, 0.3) is 10.9 Å². The van der Waals surface area contributed by atoms with Crippen molar-refractivity contribution in [3.8, 4) is 5.75 Å². The lowest BCUT2D eigenvalue weighted by Crippen LogP contribution is -2.44. The molecule has 0 spiro atoms. The van der Waals surface area contributed by atoms with Crippen LogP contribution in [0.15, 0.2) is 54.7 Å². The number of anilines is 1. The third-order valence-electron chi connectivity index (χ3n) is 3.95. The molecule has 0 aliphatic carbocycles. The van der Waals surface area contributed by atoms with E-state index < -0.39 is 6.04 Å². The molecule has 1 atom stereocenters. The molecular formula is C19H19N3O3. The number of phenols is 1. The van der Waals surface area contributed by atoms with Crippen LogP contribution in [0, 0.1) is 0 Å². The van der Waals surface area contributed by atoms with Gasteiger partial charge in [-0.3, -0.25) is 9.59 Å². The number of aromatic amines is 1. The minimum Gasteiger partial charge on any atom is -0.506 e. The number of carbonyl (C=O) groups excluding carboxylic acids is 2. The zero-order valence-corrected chi connectivity index (χ0v) is 13.7. The molecule has 0 aliphatic rings. The highest BCUT2D eigenvalue weighted by atomic mass is 16.3. The first-order valence-corrected chi connectivity index (χ1v) is 7.95. The first-order chi connectivity index (χ1) is 12.0. The molecule has 0 fully saturated rings. The summed E-state index contributed by atoms with van der Waals surface area (Å²) in [5, 5.41) is 16.2. The average molecular weight is 337 g/mol. The highest BCUT2D eigenvalue weighted by molar-refractivity contribution is 5.98. The SMILES string of the molecule is CC(=O)N[C@@H](Cc1c[nH]c2ccccc12)C(=O)Nc1ccccc1O. The van der Waals surface area contributed by atoms with E-state index in [1.807, 2.05) is 30.5 Å². The lowest BCUT2D eigenvalue weighted by Gasteiger charge is -2.18. The van der Waals surface area contributed by atoms with Crippen molar-refractivity contribution in [3.05, 3.63) is 60.3 Å². The summed E-state index contributed by atoms with van der Waals surface area (Å²) >= 11 is 0. The number of para-hydroxylation sites is 3. The largest absolute Gasteiger partial charge is 0.506 e. The Hall–Kier alpha value is -3.28. The first-order valence-electron chi connectivity index (χ1n) is 7.95. The van der Waals surface area contributed by atoms with Crippen molar-refractivity contribution < 1.29 is 14.7 Å². The number of rotatable bonds is 5. The van der Waals surface area contributed by atoms with Gasteiger partial charge in [-0.25, -0.2) is 0 Å². The van der Waals surface area contributed by atoms with Crippen molar-refractivity contribution >= 4 is 28.4 Å². The van der Waals surface area contributed by atoms with E-state index in [9.17, 15) is 14.7 Å². The molecule has 2 aromatic carbocycles. The fraction of sp³-hybridized carbons (Fsp3) is 0.158. The number of benzene rings is 2. The van der Waals surface area contributed by atoms with Crippen LogP contribution in [0.3, 0.4) is 0 Å². The summed E-state index contributed by atoms with van der Waals surface area (Å²) in [7, 11) is 0. The van der Waals surface area contributed by atoms with Gasteiger partial charge in [-0.1, -0.05) is 30.3 Å². The van der Waals surface area contributed by atoms with E-state index in [2.05, 4.69) is 15.6 Å². The summed E-state index contributed by atoms with van der Waals surface area (Å²) < 4.78 is 0. The first kappa shape index (κ1) is 16.6. The summed E-state index contributed by atoms with van der Waals surface area (Å²) in [6.45, 7) is 1.37. The van der Waals surface area contributed by atoms with Gasteiger partial charge < -0.3 is 20.7 Å². The predicted octanol–water partition coefficient (Wildman–Crippen LogP) is 2.56. The Kier molecular flexibility index (Phi) is 4.70. The summed E-state index contributed by atoms with van der Waals surface area (Å²) in [6.07, 6.45) is 2.18. The maximum Gasteiger partial charge on any atom is 0.247 e. The molecule has 0 radical (unpaired) electrons. The van der Waals surface area contributed by atoms with E-state index in [-0.39, 0.29) is 17.6 Å². The third kappa shape index (κ3) is 3.80. The van der Waals surface area contributed by atoms with Crippen LogP contribution in [0.5, 0.6) is 5.75 Å². The number of hydrogen-bond donors (Lipinski definition) is 4. The molecule has 2 amide bonds. The number of carbonyl (C=O) groups is 2. The van der Waals surface area contributed by atoms with Crippen molar-refractivity contribution in [1.82, 2.24) is 10.3 Å². The monoisotopic (exact) mass is 337 g/mol. The predicted molar refractivity (Wildman–Crippen MR) is 96.3 cm³/mol. The number of hydrogen-bond acceptors (Lipinski definition) is 3. The highest BCUT2D eigenvalue weighted by Gasteiger charge is 2.22. The summed E-state index contributed by atoms with van der Waals surface area (Å²) in [6, 6.07) is 13.5. The van der Waals surface area contributed by atoms with Gasteiger partial charge in [-0.05, 0) is 23.8 Å². The Morgan fingerprint density at radius 1 is 1.12 bits per heavy atom. The molecule has 6 nitrogen and oxygen atoms in total. The Morgan fingerprint density at radius 3 is 2.60 bits per heavy atom. The van der Waals surface area contributed by atoms with Crippen LogP contribution in [-0.4, -0.2) is 27.9 Å². The Labute approximate surface area is 144 Å². The molecule has 4 N–H and O–H groups in total. The second-order valence-electron chi connectivity index (χ2n) is 5.82. The van der Waals surface area contributed by atoms with Crippen LogP contribution in [0.2, 0.25) is 0 Å². The van der Waals surface area contributed by atoms with Crippen LogP contribution in [-0.2, 0) is 16.0 Å². The Morgan fingerprint density at radius 2 is 1.84 bits per heavy atom. The van der Waals surface area contributed by atoms with E-state index in [1.165, 1.54) is 13.0 Å². The van der Waals surface area contributed by atoms with E-state index in [0.29, 0.717) is 12.1 Å². The van der Waals surface area contributed by atoms with Crippen LogP contribution in [0.1, 0.15) is 12.5 Å². The van der Waals surface area contributed by atoms with E-state index in [1.54, 1.807) is 18.2 Å². The van der Waals surface area contributed by atoms with Crippen molar-refractivity contribution in [2.45, 2.75) is 19.4 Å². The zero-order valence-electron chi connectivity index (χ0n) is 13.7. The average Bonchev–Trinajstić information content (AvgIpc) is 2.99. The van der Waals surface area contributed by atoms with Crippen molar-refractivity contribution in [2.24, 2.45) is 0 Å². The van der Waals surface area contributed by atoms with Crippen molar-refractivity contribution in [1.29, 1.82) is 0 Å². The van der Waals surface area contributed by atoms with Gasteiger partial charge in [0.25, 0.3) is 0 Å². The van der Waals surface area contributed by atoms with Crippen molar-refractivity contribution in [2.75, 3.05) is 5.32 Å². The zero-order chi connectivity index (χ0) is 17.8. The quantitative estimate of drug-likeness (QED) is 0.539. The number of aromatic nitrogens is 1. The number of phenolic OH excluding ortho intramolecular Hbond substituents is 1. The molecule has 0 bridgehead atoms. The van der Waals surface area contributed by atoms with Gasteiger partial charge in [-0.15, -0.1) is 0 Å².